The lowest BCUT2D eigenvalue weighted by Crippen LogP contribution is -2.29. The molecule has 1 N–H and O–H groups in total. The van der Waals surface area contributed by atoms with Crippen molar-refractivity contribution in [3.63, 3.8) is 0 Å². The van der Waals surface area contributed by atoms with E-state index in [-0.39, 0.29) is 6.79 Å². The molecule has 0 saturated heterocycles. The molecule has 1 aliphatic rings. The van der Waals surface area contributed by atoms with Crippen LogP contribution in [0.15, 0.2) is 42.5 Å². The zero-order chi connectivity index (χ0) is 15.0. The van der Waals surface area contributed by atoms with Crippen LogP contribution in [-0.2, 0) is 10.2 Å². The summed E-state index contributed by atoms with van der Waals surface area (Å²) in [5.41, 5.74) is 1.62. The number of carboxylic acid groups (broad SMARTS) is 1. The maximum Gasteiger partial charge on any atom is 0.313 e. The van der Waals surface area contributed by atoms with Crippen LogP contribution in [0.25, 0.3) is 11.1 Å². The molecule has 0 aromatic heterocycles. The van der Waals surface area contributed by atoms with Crippen molar-refractivity contribution in [2.24, 2.45) is 0 Å². The van der Waals surface area contributed by atoms with Crippen LogP contribution in [0.3, 0.4) is 0 Å². The van der Waals surface area contributed by atoms with Gasteiger partial charge in [0.05, 0.1) is 5.41 Å². The van der Waals surface area contributed by atoms with Gasteiger partial charge in [-0.3, -0.25) is 4.79 Å². The van der Waals surface area contributed by atoms with Gasteiger partial charge in [0.2, 0.25) is 6.79 Å². The van der Waals surface area contributed by atoms with Crippen LogP contribution >= 0.6 is 0 Å². The van der Waals surface area contributed by atoms with Gasteiger partial charge in [0, 0.05) is 0 Å². The molecule has 0 fully saturated rings. The Hall–Kier alpha value is -2.49. The fraction of sp³-hybridized carbons (Fsp3) is 0.235. The van der Waals surface area contributed by atoms with Crippen LogP contribution in [0.4, 0.5) is 0 Å². The van der Waals surface area contributed by atoms with Gasteiger partial charge in [0.15, 0.2) is 11.5 Å². The summed E-state index contributed by atoms with van der Waals surface area (Å²) in [4.78, 5) is 11.5. The lowest BCUT2D eigenvalue weighted by atomic mass is 9.80. The SMILES string of the molecule is CC(C)(C(=O)O)c1ccccc1-c1ccc2c(c1)OCO2. The first-order valence-electron chi connectivity index (χ1n) is 6.73. The zero-order valence-corrected chi connectivity index (χ0v) is 11.9. The van der Waals surface area contributed by atoms with Crippen molar-refractivity contribution in [1.29, 1.82) is 0 Å². The first kappa shape index (κ1) is 13.5. The number of carboxylic acids is 1. The molecule has 0 unspecified atom stereocenters. The Labute approximate surface area is 122 Å². The van der Waals surface area contributed by atoms with E-state index in [1.807, 2.05) is 42.5 Å². The van der Waals surface area contributed by atoms with Gasteiger partial charge >= 0.3 is 5.97 Å². The summed E-state index contributed by atoms with van der Waals surface area (Å²) in [6, 6.07) is 13.2. The highest BCUT2D eigenvalue weighted by Gasteiger charge is 2.32. The van der Waals surface area contributed by atoms with Gasteiger partial charge in [0.1, 0.15) is 0 Å². The minimum absolute atomic E-state index is 0.223. The summed E-state index contributed by atoms with van der Waals surface area (Å²) in [5.74, 6) is 0.555. The molecule has 1 aliphatic heterocycles. The van der Waals surface area contributed by atoms with Crippen LogP contribution in [0, 0.1) is 0 Å². The third kappa shape index (κ3) is 2.23. The van der Waals surface area contributed by atoms with Crippen LogP contribution < -0.4 is 9.47 Å². The van der Waals surface area contributed by atoms with E-state index in [1.165, 1.54) is 0 Å². The van der Waals surface area contributed by atoms with Crippen LogP contribution in [0.1, 0.15) is 19.4 Å². The number of rotatable bonds is 3. The van der Waals surface area contributed by atoms with Gasteiger partial charge in [-0.15, -0.1) is 0 Å². The Balaban J connectivity index is 2.13. The lowest BCUT2D eigenvalue weighted by Gasteiger charge is -2.23. The third-order valence-electron chi connectivity index (χ3n) is 3.82. The molecule has 108 valence electrons. The fourth-order valence-electron chi connectivity index (χ4n) is 2.46. The molecule has 4 heteroatoms. The zero-order valence-electron chi connectivity index (χ0n) is 11.9. The topological polar surface area (TPSA) is 55.8 Å². The second-order valence-corrected chi connectivity index (χ2v) is 5.54. The van der Waals surface area contributed by atoms with Crippen LogP contribution in [-0.4, -0.2) is 17.9 Å². The molecule has 3 rings (SSSR count). The molecule has 0 atom stereocenters. The standard InChI is InChI=1S/C17H16O4/c1-17(2,16(18)19)13-6-4-3-5-12(13)11-7-8-14-15(9-11)21-10-20-14/h3-9H,10H2,1-2H3,(H,18,19). The number of hydrogen-bond acceptors (Lipinski definition) is 3. The number of hydrogen-bond donors (Lipinski definition) is 1. The fourth-order valence-corrected chi connectivity index (χ4v) is 2.46. The maximum atomic E-state index is 11.5. The number of aliphatic carboxylic acids is 1. The highest BCUT2D eigenvalue weighted by Crippen LogP contribution is 2.39. The van der Waals surface area contributed by atoms with Gasteiger partial charge in [-0.2, -0.15) is 0 Å². The Morgan fingerprint density at radius 3 is 2.57 bits per heavy atom. The second-order valence-electron chi connectivity index (χ2n) is 5.54. The Bertz CT molecular complexity index is 704. The van der Waals surface area contributed by atoms with Crippen LogP contribution in [0.5, 0.6) is 11.5 Å². The van der Waals surface area contributed by atoms with Crippen molar-refractivity contribution >= 4 is 5.97 Å². The number of benzene rings is 2. The molecule has 4 nitrogen and oxygen atoms in total. The van der Waals surface area contributed by atoms with E-state index in [1.54, 1.807) is 13.8 Å². The molecule has 0 radical (unpaired) electrons. The van der Waals surface area contributed by atoms with E-state index in [4.69, 9.17) is 9.47 Å². The quantitative estimate of drug-likeness (QED) is 0.938. The van der Waals surface area contributed by atoms with E-state index in [0.717, 1.165) is 16.7 Å². The van der Waals surface area contributed by atoms with E-state index in [9.17, 15) is 9.90 Å². The van der Waals surface area contributed by atoms with Crippen molar-refractivity contribution in [2.75, 3.05) is 6.79 Å². The summed E-state index contributed by atoms with van der Waals surface area (Å²) >= 11 is 0. The Morgan fingerprint density at radius 1 is 1.10 bits per heavy atom. The van der Waals surface area contributed by atoms with Gasteiger partial charge in [-0.05, 0) is 42.7 Å². The summed E-state index contributed by atoms with van der Waals surface area (Å²) in [7, 11) is 0. The number of fused-ring (bicyclic) bond motifs is 1. The minimum Gasteiger partial charge on any atom is -0.481 e. The molecule has 0 bridgehead atoms. The molecule has 2 aromatic carbocycles. The first-order valence-corrected chi connectivity index (χ1v) is 6.73. The molecule has 21 heavy (non-hydrogen) atoms. The summed E-state index contributed by atoms with van der Waals surface area (Å²) in [6.45, 7) is 3.64. The van der Waals surface area contributed by atoms with Crippen molar-refractivity contribution < 1.29 is 19.4 Å². The Morgan fingerprint density at radius 2 is 1.81 bits per heavy atom. The highest BCUT2D eigenvalue weighted by molar-refractivity contribution is 5.85. The first-order chi connectivity index (χ1) is 10.00. The minimum atomic E-state index is -0.965. The van der Waals surface area contributed by atoms with E-state index in [2.05, 4.69) is 0 Å². The van der Waals surface area contributed by atoms with Crippen molar-refractivity contribution in [3.8, 4) is 22.6 Å². The van der Waals surface area contributed by atoms with Gasteiger partial charge in [0.25, 0.3) is 0 Å². The third-order valence-corrected chi connectivity index (χ3v) is 3.82. The Kier molecular flexibility index (Phi) is 3.09. The van der Waals surface area contributed by atoms with Crippen molar-refractivity contribution in [2.45, 2.75) is 19.3 Å². The van der Waals surface area contributed by atoms with Gasteiger partial charge < -0.3 is 14.6 Å². The average molecular weight is 284 g/mol. The molecule has 2 aromatic rings. The molecule has 0 spiro atoms. The van der Waals surface area contributed by atoms with E-state index >= 15 is 0 Å². The normalized spacial score (nSPS) is 13.2. The van der Waals surface area contributed by atoms with Crippen molar-refractivity contribution in [3.05, 3.63) is 48.0 Å². The molecular weight excluding hydrogens is 268 g/mol. The van der Waals surface area contributed by atoms with Crippen LogP contribution in [0.2, 0.25) is 0 Å². The molecule has 1 heterocycles. The largest absolute Gasteiger partial charge is 0.481 e. The predicted molar refractivity (Wildman–Crippen MR) is 78.7 cm³/mol. The predicted octanol–water partition coefficient (Wildman–Crippen LogP) is 3.44. The molecule has 0 aliphatic carbocycles. The summed E-state index contributed by atoms with van der Waals surface area (Å²) in [6.07, 6.45) is 0. The molecule has 0 amide bonds. The van der Waals surface area contributed by atoms with Crippen molar-refractivity contribution in [1.82, 2.24) is 0 Å². The van der Waals surface area contributed by atoms with Gasteiger partial charge in [-0.1, -0.05) is 30.3 Å². The number of carbonyl (C=O) groups is 1. The number of ether oxygens (including phenoxy) is 2. The van der Waals surface area contributed by atoms with E-state index in [0.29, 0.717) is 11.5 Å². The second kappa shape index (κ2) is 4.81. The smallest absolute Gasteiger partial charge is 0.313 e. The highest BCUT2D eigenvalue weighted by atomic mass is 16.7. The molecule has 0 saturated carbocycles. The summed E-state index contributed by atoms with van der Waals surface area (Å²) < 4.78 is 10.7. The van der Waals surface area contributed by atoms with Gasteiger partial charge in [-0.25, -0.2) is 0 Å². The molecular formula is C17H16O4. The monoisotopic (exact) mass is 284 g/mol. The average Bonchev–Trinajstić information content (AvgIpc) is 2.94. The lowest BCUT2D eigenvalue weighted by molar-refractivity contribution is -0.142. The maximum absolute atomic E-state index is 11.5. The summed E-state index contributed by atoms with van der Waals surface area (Å²) in [5, 5.41) is 9.48. The van der Waals surface area contributed by atoms with E-state index < -0.39 is 11.4 Å².